The summed E-state index contributed by atoms with van der Waals surface area (Å²) in [5.41, 5.74) is 2.16. The fourth-order valence-corrected chi connectivity index (χ4v) is 1.70. The van der Waals surface area contributed by atoms with E-state index in [0.717, 1.165) is 13.0 Å². The van der Waals surface area contributed by atoms with Crippen LogP contribution in [0.4, 0.5) is 0 Å². The van der Waals surface area contributed by atoms with E-state index in [0.29, 0.717) is 6.54 Å². The van der Waals surface area contributed by atoms with Crippen LogP contribution in [0.1, 0.15) is 27.2 Å². The van der Waals surface area contributed by atoms with Gasteiger partial charge in [-0.15, -0.1) is 0 Å². The molecule has 2 unspecified atom stereocenters. The zero-order valence-electron chi connectivity index (χ0n) is 12.1. The Hall–Kier alpha value is -1.14. The van der Waals surface area contributed by atoms with Crippen LogP contribution in [0.2, 0.25) is 0 Å². The zero-order valence-corrected chi connectivity index (χ0v) is 12.1. The lowest BCUT2D eigenvalue weighted by atomic mass is 10.0. The molecule has 0 aromatic carbocycles. The quantitative estimate of drug-likeness (QED) is 0.376. The minimum absolute atomic E-state index is 0.0302. The number of nitrogens with two attached hydrogens (primary N) is 1. The fourth-order valence-electron chi connectivity index (χ4n) is 1.70. The minimum atomic E-state index is -0.253. The molecule has 0 saturated heterocycles. The Labute approximate surface area is 109 Å². The van der Waals surface area contributed by atoms with Gasteiger partial charge in [0.15, 0.2) is 0 Å². The van der Waals surface area contributed by atoms with Crippen LogP contribution in [0.3, 0.4) is 0 Å². The summed E-state index contributed by atoms with van der Waals surface area (Å²) in [5.74, 6) is 4.72. The lowest BCUT2D eigenvalue weighted by Crippen LogP contribution is -2.49. The third-order valence-electron chi connectivity index (χ3n) is 3.20. The maximum absolute atomic E-state index is 11.8. The van der Waals surface area contributed by atoms with Crippen LogP contribution in [0.15, 0.2) is 0 Å². The van der Waals surface area contributed by atoms with Crippen molar-refractivity contribution in [1.29, 1.82) is 0 Å². The van der Waals surface area contributed by atoms with Gasteiger partial charge in [0.25, 0.3) is 0 Å². The number of carbonyl (C=O) groups is 2. The standard InChI is InChI=1S/C12H26N4O2/c1-6-7-16(8-11(17)15(4)5)10(3)9(2)12(18)14-13/h9-10H,6-8,13H2,1-5H3,(H,14,18). The van der Waals surface area contributed by atoms with Crippen molar-refractivity contribution in [1.82, 2.24) is 15.2 Å². The summed E-state index contributed by atoms with van der Waals surface area (Å²) in [4.78, 5) is 26.9. The third-order valence-corrected chi connectivity index (χ3v) is 3.20. The predicted octanol–water partition coefficient (Wildman–Crippen LogP) is -0.199. The van der Waals surface area contributed by atoms with Crippen molar-refractivity contribution in [3.05, 3.63) is 0 Å². The molecule has 0 aromatic rings. The van der Waals surface area contributed by atoms with E-state index < -0.39 is 0 Å². The number of nitrogens with zero attached hydrogens (tertiary/aromatic N) is 2. The van der Waals surface area contributed by atoms with Crippen molar-refractivity contribution in [2.24, 2.45) is 11.8 Å². The van der Waals surface area contributed by atoms with Crippen LogP contribution in [0.5, 0.6) is 0 Å². The van der Waals surface area contributed by atoms with E-state index in [2.05, 4.69) is 5.43 Å². The predicted molar refractivity (Wildman–Crippen MR) is 71.5 cm³/mol. The van der Waals surface area contributed by atoms with E-state index >= 15 is 0 Å². The molecule has 0 heterocycles. The maximum Gasteiger partial charge on any atom is 0.238 e. The van der Waals surface area contributed by atoms with Crippen molar-refractivity contribution in [2.45, 2.75) is 33.2 Å². The smallest absolute Gasteiger partial charge is 0.238 e. The van der Waals surface area contributed by atoms with E-state index in [4.69, 9.17) is 5.84 Å². The first-order valence-electron chi connectivity index (χ1n) is 6.29. The molecule has 0 fully saturated rings. The molecule has 0 bridgehead atoms. The van der Waals surface area contributed by atoms with Gasteiger partial charge in [-0.2, -0.15) is 0 Å². The van der Waals surface area contributed by atoms with Crippen LogP contribution >= 0.6 is 0 Å². The van der Waals surface area contributed by atoms with Gasteiger partial charge in [-0.25, -0.2) is 5.84 Å². The van der Waals surface area contributed by atoms with E-state index in [1.165, 1.54) is 0 Å². The zero-order chi connectivity index (χ0) is 14.3. The Kier molecular flexibility index (Phi) is 7.54. The summed E-state index contributed by atoms with van der Waals surface area (Å²) in [6, 6.07) is -0.0302. The molecule has 0 radical (unpaired) electrons. The summed E-state index contributed by atoms with van der Waals surface area (Å²) in [7, 11) is 3.46. The Morgan fingerprint density at radius 2 is 1.83 bits per heavy atom. The number of nitrogens with one attached hydrogen (secondary N) is 1. The van der Waals surface area contributed by atoms with E-state index in [1.54, 1.807) is 19.0 Å². The number of hydrogen-bond donors (Lipinski definition) is 2. The largest absolute Gasteiger partial charge is 0.348 e. The first-order valence-corrected chi connectivity index (χ1v) is 6.29. The van der Waals surface area contributed by atoms with E-state index in [-0.39, 0.29) is 23.8 Å². The molecular weight excluding hydrogens is 232 g/mol. The molecule has 0 rings (SSSR count). The molecule has 106 valence electrons. The molecule has 6 nitrogen and oxygen atoms in total. The summed E-state index contributed by atoms with van der Waals surface area (Å²) >= 11 is 0. The minimum Gasteiger partial charge on any atom is -0.348 e. The van der Waals surface area contributed by atoms with Gasteiger partial charge in [-0.05, 0) is 19.9 Å². The van der Waals surface area contributed by atoms with Gasteiger partial charge in [-0.3, -0.25) is 19.9 Å². The van der Waals surface area contributed by atoms with E-state index in [1.807, 2.05) is 25.7 Å². The number of rotatable bonds is 7. The Morgan fingerprint density at radius 1 is 1.28 bits per heavy atom. The second-order valence-corrected chi connectivity index (χ2v) is 4.80. The van der Waals surface area contributed by atoms with Crippen molar-refractivity contribution < 1.29 is 9.59 Å². The van der Waals surface area contributed by atoms with Crippen LogP contribution in [0, 0.1) is 5.92 Å². The number of hydrazine groups is 1. The second kappa shape index (κ2) is 8.05. The Balaban J connectivity index is 4.67. The SMILES string of the molecule is CCCN(CC(=O)N(C)C)C(C)C(C)C(=O)NN. The van der Waals surface area contributed by atoms with Crippen molar-refractivity contribution in [2.75, 3.05) is 27.2 Å². The highest BCUT2D eigenvalue weighted by molar-refractivity contribution is 5.79. The van der Waals surface area contributed by atoms with Crippen LogP contribution in [-0.4, -0.2) is 54.8 Å². The van der Waals surface area contributed by atoms with Gasteiger partial charge < -0.3 is 4.90 Å². The van der Waals surface area contributed by atoms with Gasteiger partial charge >= 0.3 is 0 Å². The second-order valence-electron chi connectivity index (χ2n) is 4.80. The first kappa shape index (κ1) is 16.9. The molecular formula is C12H26N4O2. The average molecular weight is 258 g/mol. The number of hydrogen-bond acceptors (Lipinski definition) is 4. The molecule has 0 spiro atoms. The van der Waals surface area contributed by atoms with Crippen molar-refractivity contribution in [3.63, 3.8) is 0 Å². The highest BCUT2D eigenvalue weighted by Gasteiger charge is 2.26. The highest BCUT2D eigenvalue weighted by atomic mass is 16.2. The van der Waals surface area contributed by atoms with Crippen molar-refractivity contribution in [3.8, 4) is 0 Å². The summed E-state index contributed by atoms with van der Waals surface area (Å²) in [6.45, 7) is 6.91. The number of likely N-dealkylation sites (N-methyl/N-ethyl adjacent to an activating group) is 1. The maximum atomic E-state index is 11.8. The normalized spacial score (nSPS) is 14.2. The molecule has 0 aromatic heterocycles. The molecule has 6 heteroatoms. The van der Waals surface area contributed by atoms with Gasteiger partial charge in [0.1, 0.15) is 0 Å². The number of amides is 2. The van der Waals surface area contributed by atoms with Gasteiger partial charge in [0.05, 0.1) is 12.5 Å². The lowest BCUT2D eigenvalue weighted by Gasteiger charge is -2.32. The molecule has 0 aliphatic heterocycles. The Bertz CT molecular complexity index is 281. The van der Waals surface area contributed by atoms with Crippen LogP contribution < -0.4 is 11.3 Å². The van der Waals surface area contributed by atoms with Gasteiger partial charge in [0.2, 0.25) is 11.8 Å². The average Bonchev–Trinajstić information content (AvgIpc) is 2.35. The molecule has 2 atom stereocenters. The highest BCUT2D eigenvalue weighted by Crippen LogP contribution is 2.12. The van der Waals surface area contributed by atoms with Crippen molar-refractivity contribution >= 4 is 11.8 Å². The van der Waals surface area contributed by atoms with Crippen LogP contribution in [-0.2, 0) is 9.59 Å². The van der Waals surface area contributed by atoms with Gasteiger partial charge in [0, 0.05) is 20.1 Å². The molecule has 2 amide bonds. The summed E-state index contributed by atoms with van der Waals surface area (Å²) < 4.78 is 0. The first-order chi connectivity index (χ1) is 8.34. The molecule has 18 heavy (non-hydrogen) atoms. The lowest BCUT2D eigenvalue weighted by molar-refractivity contribution is -0.133. The molecule has 0 aliphatic rings. The van der Waals surface area contributed by atoms with Gasteiger partial charge in [-0.1, -0.05) is 13.8 Å². The monoisotopic (exact) mass is 258 g/mol. The Morgan fingerprint density at radius 3 is 2.22 bits per heavy atom. The van der Waals surface area contributed by atoms with Crippen LogP contribution in [0.25, 0.3) is 0 Å². The fraction of sp³-hybridized carbons (Fsp3) is 0.833. The molecule has 0 aliphatic carbocycles. The molecule has 3 N–H and O–H groups in total. The summed E-state index contributed by atoms with van der Waals surface area (Å²) in [5, 5.41) is 0. The number of carbonyl (C=O) groups excluding carboxylic acids is 2. The third kappa shape index (κ3) is 5.01. The summed E-state index contributed by atoms with van der Waals surface area (Å²) in [6.07, 6.45) is 0.933. The van der Waals surface area contributed by atoms with E-state index in [9.17, 15) is 9.59 Å². The topological polar surface area (TPSA) is 78.7 Å². The molecule has 0 saturated carbocycles.